The van der Waals surface area contributed by atoms with Crippen LogP contribution in [0.15, 0.2) is 67.3 Å². The van der Waals surface area contributed by atoms with Gasteiger partial charge in [-0.2, -0.15) is 5.10 Å². The van der Waals surface area contributed by atoms with Gasteiger partial charge in [0, 0.05) is 32.3 Å². The van der Waals surface area contributed by atoms with Crippen LogP contribution in [0.5, 0.6) is 11.5 Å². The molecule has 0 atom stereocenters. The predicted octanol–water partition coefficient (Wildman–Crippen LogP) is 3.88. The van der Waals surface area contributed by atoms with Gasteiger partial charge < -0.3 is 29.3 Å². The highest BCUT2D eigenvalue weighted by Gasteiger charge is 2.25. The number of benzene rings is 3. The molecule has 3 amide bonds. The van der Waals surface area contributed by atoms with Gasteiger partial charge in [-0.15, -0.1) is 0 Å². The van der Waals surface area contributed by atoms with Gasteiger partial charge in [0.25, 0.3) is 11.8 Å². The highest BCUT2D eigenvalue weighted by atomic mass is 19.1. The second kappa shape index (κ2) is 15.1. The van der Waals surface area contributed by atoms with Crippen LogP contribution in [0.25, 0.3) is 16.8 Å². The Morgan fingerprint density at radius 3 is 2.65 bits per heavy atom. The number of hydrogen-bond donors (Lipinski definition) is 1. The van der Waals surface area contributed by atoms with Gasteiger partial charge in [0.05, 0.1) is 42.9 Å². The fourth-order valence-electron chi connectivity index (χ4n) is 5.86. The van der Waals surface area contributed by atoms with Gasteiger partial charge in [0.2, 0.25) is 5.91 Å². The molecule has 0 saturated carbocycles. The smallest absolute Gasteiger partial charge is 0.256 e. The molecule has 1 N–H and O–H groups in total. The number of hydrogen-bond acceptors (Lipinski definition) is 8. The Kier molecular flexibility index (Phi) is 10.2. The molecule has 4 bridgehead atoms. The van der Waals surface area contributed by atoms with Crippen LogP contribution in [-0.4, -0.2) is 95.4 Å². The number of fused-ring (bicyclic) bond motifs is 7. The van der Waals surface area contributed by atoms with E-state index in [4.69, 9.17) is 14.2 Å². The molecule has 4 aromatic rings. The van der Waals surface area contributed by atoms with Crippen molar-refractivity contribution in [3.05, 3.63) is 89.8 Å². The van der Waals surface area contributed by atoms with Gasteiger partial charge in [-0.25, -0.2) is 14.1 Å². The maximum absolute atomic E-state index is 14.9. The van der Waals surface area contributed by atoms with Crippen molar-refractivity contribution >= 4 is 17.7 Å². The topological polar surface area (TPSA) is 128 Å². The van der Waals surface area contributed by atoms with Crippen molar-refractivity contribution in [2.45, 2.75) is 25.8 Å². The van der Waals surface area contributed by atoms with E-state index in [0.717, 1.165) is 0 Å². The number of nitrogens with one attached hydrogen (secondary N) is 1. The molecule has 0 spiro atoms. The lowest BCUT2D eigenvalue weighted by molar-refractivity contribution is -0.132. The van der Waals surface area contributed by atoms with Crippen LogP contribution in [-0.2, 0) is 16.1 Å². The molecule has 1 aromatic heterocycles. The molecular weight excluding hydrogens is 619 g/mol. The first-order valence-electron chi connectivity index (χ1n) is 15.9. The highest BCUT2D eigenvalue weighted by molar-refractivity contribution is 5.98. The van der Waals surface area contributed by atoms with Crippen molar-refractivity contribution < 1.29 is 33.0 Å². The summed E-state index contributed by atoms with van der Waals surface area (Å²) in [6, 6.07) is 15.2. The molecule has 0 fully saturated rings. The Labute approximate surface area is 277 Å². The first-order valence-corrected chi connectivity index (χ1v) is 15.9. The molecule has 0 unspecified atom stereocenters. The Morgan fingerprint density at radius 1 is 0.979 bits per heavy atom. The third-order valence-electron chi connectivity index (χ3n) is 8.36. The molecule has 48 heavy (non-hydrogen) atoms. The van der Waals surface area contributed by atoms with Crippen LogP contribution >= 0.6 is 0 Å². The number of carbonyl (C=O) groups is 3. The van der Waals surface area contributed by atoms with Crippen molar-refractivity contribution in [1.82, 2.24) is 29.9 Å². The summed E-state index contributed by atoms with van der Waals surface area (Å²) >= 11 is 0. The molecule has 12 nitrogen and oxygen atoms in total. The van der Waals surface area contributed by atoms with Crippen LogP contribution in [0.1, 0.15) is 45.5 Å². The third kappa shape index (κ3) is 7.31. The van der Waals surface area contributed by atoms with E-state index in [1.807, 2.05) is 12.1 Å². The van der Waals surface area contributed by atoms with Crippen LogP contribution in [0.4, 0.5) is 4.39 Å². The minimum atomic E-state index is -0.635. The van der Waals surface area contributed by atoms with Gasteiger partial charge >= 0.3 is 0 Å². The fraction of sp³-hybridized carbons (Fsp3) is 0.343. The normalized spacial score (nSPS) is 15.4. The predicted molar refractivity (Wildman–Crippen MR) is 174 cm³/mol. The molecule has 2 aliphatic rings. The molecule has 2 aliphatic heterocycles. The van der Waals surface area contributed by atoms with Crippen LogP contribution in [0.3, 0.4) is 0 Å². The van der Waals surface area contributed by atoms with E-state index in [2.05, 4.69) is 15.4 Å². The minimum Gasteiger partial charge on any atom is -0.488 e. The van der Waals surface area contributed by atoms with E-state index < -0.39 is 11.7 Å². The first-order chi connectivity index (χ1) is 23.4. The molecule has 0 radical (unpaired) electrons. The van der Waals surface area contributed by atoms with Crippen LogP contribution < -0.4 is 14.8 Å². The van der Waals surface area contributed by atoms with Gasteiger partial charge in [-0.1, -0.05) is 18.2 Å². The average molecular weight is 657 g/mol. The second-order valence-electron chi connectivity index (χ2n) is 11.5. The molecule has 0 saturated heterocycles. The number of nitrogens with zero attached hydrogens (tertiary/aromatic N) is 5. The lowest BCUT2D eigenvalue weighted by Crippen LogP contribution is -2.36. The fourth-order valence-corrected chi connectivity index (χ4v) is 5.86. The number of rotatable bonds is 5. The zero-order valence-corrected chi connectivity index (χ0v) is 26.7. The summed E-state index contributed by atoms with van der Waals surface area (Å²) < 4.78 is 34.1. The van der Waals surface area contributed by atoms with Crippen molar-refractivity contribution in [2.24, 2.45) is 0 Å². The van der Waals surface area contributed by atoms with Crippen LogP contribution in [0, 0.1) is 5.82 Å². The number of methoxy groups -OCH3 is 1. The van der Waals surface area contributed by atoms with Crippen molar-refractivity contribution in [3.63, 3.8) is 0 Å². The zero-order valence-electron chi connectivity index (χ0n) is 26.7. The Hall–Kier alpha value is -5.30. The van der Waals surface area contributed by atoms with E-state index >= 15 is 0 Å². The Balaban J connectivity index is 1.35. The summed E-state index contributed by atoms with van der Waals surface area (Å²) in [5, 5.41) is 7.03. The van der Waals surface area contributed by atoms with Gasteiger partial charge in [0.1, 0.15) is 31.7 Å². The standard InChI is InChI=1S/C35H37FN6O6/c1-46-15-10-32(43)41-14-17-48-33-26(21-41)18-25-20-31(33)47-16-13-40(35(45)27-6-2-3-7-30(27)42-23-37-22-39-42)12-5-4-11-38-34(44)28-19-24(25)8-9-29(28)36/h2-3,6-9,18-20,22-23H,4-5,10-17,21H2,1H3,(H,38,44). The first kappa shape index (κ1) is 32.6. The molecule has 250 valence electrons. The lowest BCUT2D eigenvalue weighted by atomic mass is 9.99. The van der Waals surface area contributed by atoms with E-state index in [1.54, 1.807) is 51.9 Å². The number of halogens is 1. The summed E-state index contributed by atoms with van der Waals surface area (Å²) in [7, 11) is 1.55. The zero-order chi connectivity index (χ0) is 33.5. The number of aromatic nitrogens is 3. The summed E-state index contributed by atoms with van der Waals surface area (Å²) in [5.41, 5.74) is 2.94. The SMILES string of the molecule is COCCC(=O)N1CCOc2c(cc3cc2OCCN(C(=O)c2ccccc2-n2cncn2)CCCCNC(=O)c2cc-3ccc2F)C1. The van der Waals surface area contributed by atoms with E-state index in [0.29, 0.717) is 78.5 Å². The highest BCUT2D eigenvalue weighted by Crippen LogP contribution is 2.39. The molecule has 6 rings (SSSR count). The van der Waals surface area contributed by atoms with Crippen molar-refractivity contribution in [2.75, 3.05) is 53.1 Å². The van der Waals surface area contributed by atoms with E-state index in [-0.39, 0.29) is 50.1 Å². The van der Waals surface area contributed by atoms with Gasteiger partial charge in [0.15, 0.2) is 11.5 Å². The average Bonchev–Trinajstić information content (AvgIpc) is 3.55. The van der Waals surface area contributed by atoms with E-state index in [9.17, 15) is 18.8 Å². The molecule has 3 heterocycles. The number of amides is 3. The van der Waals surface area contributed by atoms with Gasteiger partial charge in [-0.3, -0.25) is 14.4 Å². The monoisotopic (exact) mass is 656 g/mol. The van der Waals surface area contributed by atoms with Crippen molar-refractivity contribution in [1.29, 1.82) is 0 Å². The maximum atomic E-state index is 14.9. The third-order valence-corrected chi connectivity index (χ3v) is 8.36. The summed E-state index contributed by atoms with van der Waals surface area (Å²) in [6.45, 7) is 2.31. The van der Waals surface area contributed by atoms with E-state index in [1.165, 1.54) is 24.8 Å². The lowest BCUT2D eigenvalue weighted by Gasteiger charge is -2.25. The summed E-state index contributed by atoms with van der Waals surface area (Å²) in [6.07, 6.45) is 4.33. The largest absolute Gasteiger partial charge is 0.488 e. The number of carbonyl (C=O) groups excluding carboxylic acids is 3. The number of ether oxygens (including phenoxy) is 3. The second-order valence-corrected chi connectivity index (χ2v) is 11.5. The van der Waals surface area contributed by atoms with Crippen LogP contribution in [0.2, 0.25) is 0 Å². The minimum absolute atomic E-state index is 0.0725. The summed E-state index contributed by atoms with van der Waals surface area (Å²) in [4.78, 5) is 47.5. The summed E-state index contributed by atoms with van der Waals surface area (Å²) in [5.74, 6) is -0.522. The molecule has 0 aliphatic carbocycles. The van der Waals surface area contributed by atoms with Crippen molar-refractivity contribution in [3.8, 4) is 28.3 Å². The van der Waals surface area contributed by atoms with Gasteiger partial charge in [-0.05, 0) is 60.4 Å². The Bertz CT molecular complexity index is 1780. The Morgan fingerprint density at radius 2 is 1.81 bits per heavy atom. The molecule has 3 aromatic carbocycles. The number of para-hydroxylation sites is 1. The molecular formula is C35H37FN6O6. The molecule has 13 heteroatoms. The maximum Gasteiger partial charge on any atom is 0.256 e. The quantitative estimate of drug-likeness (QED) is 0.343.